The van der Waals surface area contributed by atoms with Gasteiger partial charge in [0.25, 0.3) is 0 Å². The predicted molar refractivity (Wildman–Crippen MR) is 48.7 cm³/mol. The first-order valence-electron chi connectivity index (χ1n) is 4.46. The van der Waals surface area contributed by atoms with Gasteiger partial charge in [0.05, 0.1) is 0 Å². The molecule has 2 N–H and O–H groups in total. The molecule has 0 aromatic heterocycles. The molecule has 0 aliphatic heterocycles. The molecular formula is C9H18N2. The quantitative estimate of drug-likeness (QED) is 0.418. The van der Waals surface area contributed by atoms with Crippen molar-refractivity contribution < 1.29 is 0 Å². The molecule has 0 aromatic carbocycles. The van der Waals surface area contributed by atoms with Crippen molar-refractivity contribution in [2.45, 2.75) is 12.8 Å². The molecule has 1 saturated carbocycles. The van der Waals surface area contributed by atoms with Gasteiger partial charge in [-0.05, 0) is 25.3 Å². The smallest absolute Gasteiger partial charge is 0.0132 e. The molecule has 11 heavy (non-hydrogen) atoms. The third-order valence-corrected chi connectivity index (χ3v) is 1.90. The van der Waals surface area contributed by atoms with Crippen molar-refractivity contribution in [1.82, 2.24) is 10.6 Å². The normalized spacial score (nSPS) is 16.7. The van der Waals surface area contributed by atoms with E-state index in [0.717, 1.165) is 25.6 Å². The Morgan fingerprint density at radius 3 is 2.64 bits per heavy atom. The molecule has 0 heterocycles. The highest BCUT2D eigenvalue weighted by Crippen LogP contribution is 2.27. The predicted octanol–water partition coefficient (Wildman–Crippen LogP) is 0.762. The second-order valence-corrected chi connectivity index (χ2v) is 3.14. The van der Waals surface area contributed by atoms with E-state index in [0.29, 0.717) is 0 Å². The van der Waals surface area contributed by atoms with Gasteiger partial charge in [-0.1, -0.05) is 6.08 Å². The maximum absolute atomic E-state index is 3.63. The molecule has 2 nitrogen and oxygen atoms in total. The molecule has 0 amide bonds. The van der Waals surface area contributed by atoms with Crippen LogP contribution in [0.1, 0.15) is 12.8 Å². The van der Waals surface area contributed by atoms with E-state index in [1.807, 2.05) is 6.08 Å². The maximum atomic E-state index is 3.63. The van der Waals surface area contributed by atoms with E-state index in [4.69, 9.17) is 0 Å². The summed E-state index contributed by atoms with van der Waals surface area (Å²) in [5, 5.41) is 6.66. The third-order valence-electron chi connectivity index (χ3n) is 1.90. The molecule has 0 saturated heterocycles. The average molecular weight is 154 g/mol. The fourth-order valence-electron chi connectivity index (χ4n) is 1.01. The van der Waals surface area contributed by atoms with Crippen LogP contribution in [0.15, 0.2) is 12.7 Å². The van der Waals surface area contributed by atoms with Crippen molar-refractivity contribution in [2.75, 3.05) is 26.2 Å². The standard InChI is InChI=1S/C9H18N2/c1-2-5-10-6-7-11-8-9-3-4-9/h2,9-11H,1,3-8H2. The Labute approximate surface area is 69.1 Å². The minimum absolute atomic E-state index is 0.922. The molecule has 2 heteroatoms. The van der Waals surface area contributed by atoms with Crippen molar-refractivity contribution in [2.24, 2.45) is 5.92 Å². The fraction of sp³-hybridized carbons (Fsp3) is 0.778. The Hall–Kier alpha value is -0.340. The SMILES string of the molecule is C=CCNCCNCC1CC1. The monoisotopic (exact) mass is 154 g/mol. The van der Waals surface area contributed by atoms with Gasteiger partial charge in [0.1, 0.15) is 0 Å². The third kappa shape index (κ3) is 4.99. The molecule has 0 bridgehead atoms. The van der Waals surface area contributed by atoms with Gasteiger partial charge in [-0.15, -0.1) is 6.58 Å². The second-order valence-electron chi connectivity index (χ2n) is 3.14. The van der Waals surface area contributed by atoms with Crippen LogP contribution >= 0.6 is 0 Å². The first-order valence-corrected chi connectivity index (χ1v) is 4.46. The fourth-order valence-corrected chi connectivity index (χ4v) is 1.01. The summed E-state index contributed by atoms with van der Waals surface area (Å²) in [5.41, 5.74) is 0. The molecule has 1 fully saturated rings. The minimum Gasteiger partial charge on any atom is -0.315 e. The number of nitrogens with one attached hydrogen (secondary N) is 2. The second kappa shape index (κ2) is 5.33. The van der Waals surface area contributed by atoms with Crippen molar-refractivity contribution in [3.8, 4) is 0 Å². The van der Waals surface area contributed by atoms with Crippen molar-refractivity contribution in [3.05, 3.63) is 12.7 Å². The van der Waals surface area contributed by atoms with E-state index in [9.17, 15) is 0 Å². The van der Waals surface area contributed by atoms with Gasteiger partial charge in [0, 0.05) is 19.6 Å². The lowest BCUT2D eigenvalue weighted by atomic mass is 10.4. The topological polar surface area (TPSA) is 24.1 Å². The lowest BCUT2D eigenvalue weighted by Crippen LogP contribution is -2.28. The molecule has 1 rings (SSSR count). The van der Waals surface area contributed by atoms with Gasteiger partial charge in [-0.25, -0.2) is 0 Å². The molecule has 0 aromatic rings. The Balaban J connectivity index is 1.69. The van der Waals surface area contributed by atoms with Gasteiger partial charge in [0.15, 0.2) is 0 Å². The zero-order valence-electron chi connectivity index (χ0n) is 7.10. The van der Waals surface area contributed by atoms with Crippen molar-refractivity contribution >= 4 is 0 Å². The summed E-state index contributed by atoms with van der Waals surface area (Å²) in [6.45, 7) is 7.92. The highest BCUT2D eigenvalue weighted by Gasteiger charge is 2.19. The van der Waals surface area contributed by atoms with Gasteiger partial charge in [-0.3, -0.25) is 0 Å². The number of rotatable bonds is 7. The van der Waals surface area contributed by atoms with Crippen LogP contribution in [0.3, 0.4) is 0 Å². The average Bonchev–Trinajstić information content (AvgIpc) is 2.80. The van der Waals surface area contributed by atoms with Crippen LogP contribution in [0.25, 0.3) is 0 Å². The van der Waals surface area contributed by atoms with Crippen molar-refractivity contribution in [1.29, 1.82) is 0 Å². The molecule has 1 aliphatic carbocycles. The van der Waals surface area contributed by atoms with Crippen LogP contribution in [0, 0.1) is 5.92 Å². The zero-order chi connectivity index (χ0) is 7.94. The van der Waals surface area contributed by atoms with Crippen molar-refractivity contribution in [3.63, 3.8) is 0 Å². The summed E-state index contributed by atoms with van der Waals surface area (Å²) in [5.74, 6) is 0.995. The van der Waals surface area contributed by atoms with Crippen LogP contribution in [-0.4, -0.2) is 26.2 Å². The Bertz CT molecular complexity index is 108. The first kappa shape index (κ1) is 8.75. The van der Waals surface area contributed by atoms with Gasteiger partial charge in [-0.2, -0.15) is 0 Å². The van der Waals surface area contributed by atoms with Crippen LogP contribution in [-0.2, 0) is 0 Å². The zero-order valence-corrected chi connectivity index (χ0v) is 7.10. The lowest BCUT2D eigenvalue weighted by Gasteiger charge is -2.02. The van der Waals surface area contributed by atoms with E-state index in [1.165, 1.54) is 19.4 Å². The van der Waals surface area contributed by atoms with Gasteiger partial charge in [0.2, 0.25) is 0 Å². The molecule has 0 spiro atoms. The molecule has 64 valence electrons. The first-order chi connectivity index (χ1) is 5.43. The molecule has 0 atom stereocenters. The number of hydrogen-bond donors (Lipinski definition) is 2. The highest BCUT2D eigenvalue weighted by atomic mass is 14.9. The summed E-state index contributed by atoms with van der Waals surface area (Å²) >= 11 is 0. The van der Waals surface area contributed by atoms with Gasteiger partial charge >= 0.3 is 0 Å². The van der Waals surface area contributed by atoms with E-state index >= 15 is 0 Å². The minimum atomic E-state index is 0.922. The summed E-state index contributed by atoms with van der Waals surface area (Å²) in [6.07, 6.45) is 4.76. The largest absolute Gasteiger partial charge is 0.315 e. The van der Waals surface area contributed by atoms with E-state index < -0.39 is 0 Å². The van der Waals surface area contributed by atoms with E-state index in [-0.39, 0.29) is 0 Å². The summed E-state index contributed by atoms with van der Waals surface area (Å²) in [6, 6.07) is 0. The molecule has 0 radical (unpaired) electrons. The summed E-state index contributed by atoms with van der Waals surface area (Å²) < 4.78 is 0. The Kier molecular flexibility index (Phi) is 4.24. The Morgan fingerprint density at radius 1 is 1.27 bits per heavy atom. The molecule has 1 aliphatic rings. The number of hydrogen-bond acceptors (Lipinski definition) is 2. The maximum Gasteiger partial charge on any atom is 0.0132 e. The molecular weight excluding hydrogens is 136 g/mol. The van der Waals surface area contributed by atoms with E-state index in [1.54, 1.807) is 0 Å². The Morgan fingerprint density at radius 2 is 2.00 bits per heavy atom. The highest BCUT2D eigenvalue weighted by molar-refractivity contribution is 4.75. The van der Waals surface area contributed by atoms with E-state index in [2.05, 4.69) is 17.2 Å². The summed E-state index contributed by atoms with van der Waals surface area (Å²) in [7, 11) is 0. The van der Waals surface area contributed by atoms with Gasteiger partial charge < -0.3 is 10.6 Å². The lowest BCUT2D eigenvalue weighted by molar-refractivity contribution is 0.606. The van der Waals surface area contributed by atoms with Crippen LogP contribution in [0.4, 0.5) is 0 Å². The van der Waals surface area contributed by atoms with Crippen LogP contribution in [0.5, 0.6) is 0 Å². The molecule has 0 unspecified atom stereocenters. The van der Waals surface area contributed by atoms with Crippen LogP contribution < -0.4 is 10.6 Å². The van der Waals surface area contributed by atoms with Crippen LogP contribution in [0.2, 0.25) is 0 Å². The summed E-state index contributed by atoms with van der Waals surface area (Å²) in [4.78, 5) is 0.